The molecule has 0 N–H and O–H groups in total. The standard InChI is InChI=1S/C18H19BrFNO/c1-2-14-10-18(15-5-3-4-6-17(15)21-14)22-11-12-7-8-13(19)9-16(12)20/h7-10H,2-6,11H2,1H3. The zero-order chi connectivity index (χ0) is 15.5. The number of rotatable bonds is 4. The lowest BCUT2D eigenvalue weighted by Gasteiger charge is -2.20. The number of hydrogen-bond donors (Lipinski definition) is 0. The van der Waals surface area contributed by atoms with E-state index in [0.717, 1.165) is 40.9 Å². The fourth-order valence-electron chi connectivity index (χ4n) is 2.83. The van der Waals surface area contributed by atoms with Crippen molar-refractivity contribution in [1.29, 1.82) is 0 Å². The highest BCUT2D eigenvalue weighted by Crippen LogP contribution is 2.30. The van der Waals surface area contributed by atoms with Crippen LogP contribution in [-0.4, -0.2) is 4.98 Å². The molecule has 0 spiro atoms. The largest absolute Gasteiger partial charge is 0.488 e. The van der Waals surface area contributed by atoms with Gasteiger partial charge >= 0.3 is 0 Å². The van der Waals surface area contributed by atoms with Crippen molar-refractivity contribution in [3.63, 3.8) is 0 Å². The van der Waals surface area contributed by atoms with Crippen LogP contribution in [0.3, 0.4) is 0 Å². The smallest absolute Gasteiger partial charge is 0.130 e. The van der Waals surface area contributed by atoms with Gasteiger partial charge in [0.25, 0.3) is 0 Å². The van der Waals surface area contributed by atoms with Crippen LogP contribution in [0.1, 0.15) is 42.3 Å². The SMILES string of the molecule is CCc1cc(OCc2ccc(Br)cc2F)c2c(n1)CCCC2. The molecule has 0 saturated heterocycles. The molecule has 2 nitrogen and oxygen atoms in total. The Morgan fingerprint density at radius 3 is 2.82 bits per heavy atom. The average molecular weight is 364 g/mol. The molecule has 0 unspecified atom stereocenters. The predicted octanol–water partition coefficient (Wildman–Crippen LogP) is 5.00. The quantitative estimate of drug-likeness (QED) is 0.762. The summed E-state index contributed by atoms with van der Waals surface area (Å²) in [5.41, 5.74) is 3.99. The maximum atomic E-state index is 13.9. The van der Waals surface area contributed by atoms with Gasteiger partial charge in [-0.3, -0.25) is 4.98 Å². The first-order valence-electron chi connectivity index (χ1n) is 7.75. The molecule has 1 aromatic heterocycles. The molecule has 0 amide bonds. The van der Waals surface area contributed by atoms with E-state index in [2.05, 4.69) is 22.9 Å². The van der Waals surface area contributed by atoms with E-state index in [4.69, 9.17) is 9.72 Å². The van der Waals surface area contributed by atoms with E-state index >= 15 is 0 Å². The van der Waals surface area contributed by atoms with Crippen LogP contribution >= 0.6 is 15.9 Å². The van der Waals surface area contributed by atoms with E-state index in [0.29, 0.717) is 5.56 Å². The zero-order valence-electron chi connectivity index (χ0n) is 12.7. The Morgan fingerprint density at radius 2 is 2.05 bits per heavy atom. The molecule has 116 valence electrons. The van der Waals surface area contributed by atoms with Crippen LogP contribution in [0.2, 0.25) is 0 Å². The van der Waals surface area contributed by atoms with Crippen LogP contribution in [-0.2, 0) is 25.9 Å². The zero-order valence-corrected chi connectivity index (χ0v) is 14.2. The molecule has 0 fully saturated rings. The number of fused-ring (bicyclic) bond motifs is 1. The minimum absolute atomic E-state index is 0.243. The topological polar surface area (TPSA) is 22.1 Å². The minimum atomic E-state index is -0.243. The fraction of sp³-hybridized carbons (Fsp3) is 0.389. The molecule has 1 heterocycles. The molecule has 0 bridgehead atoms. The second-order valence-electron chi connectivity index (χ2n) is 5.62. The van der Waals surface area contributed by atoms with Crippen molar-refractivity contribution in [3.05, 3.63) is 57.1 Å². The highest BCUT2D eigenvalue weighted by molar-refractivity contribution is 9.10. The van der Waals surface area contributed by atoms with Gasteiger partial charge in [-0.25, -0.2) is 4.39 Å². The first kappa shape index (κ1) is 15.5. The van der Waals surface area contributed by atoms with Gasteiger partial charge in [-0.1, -0.05) is 28.9 Å². The van der Waals surface area contributed by atoms with E-state index < -0.39 is 0 Å². The Kier molecular flexibility index (Phi) is 4.77. The van der Waals surface area contributed by atoms with Gasteiger partial charge in [0.05, 0.1) is 0 Å². The molecule has 0 saturated carbocycles. The number of aromatic nitrogens is 1. The monoisotopic (exact) mass is 363 g/mol. The van der Waals surface area contributed by atoms with Crippen molar-refractivity contribution >= 4 is 15.9 Å². The third-order valence-corrected chi connectivity index (χ3v) is 4.57. The van der Waals surface area contributed by atoms with Crippen molar-refractivity contribution in [2.75, 3.05) is 0 Å². The Balaban J connectivity index is 1.85. The molecule has 22 heavy (non-hydrogen) atoms. The van der Waals surface area contributed by atoms with E-state index in [1.165, 1.54) is 24.5 Å². The summed E-state index contributed by atoms with van der Waals surface area (Å²) < 4.78 is 20.6. The normalized spacial score (nSPS) is 13.8. The highest BCUT2D eigenvalue weighted by atomic mass is 79.9. The van der Waals surface area contributed by atoms with Gasteiger partial charge in [-0.2, -0.15) is 0 Å². The molecule has 0 radical (unpaired) electrons. The van der Waals surface area contributed by atoms with Gasteiger partial charge in [-0.05, 0) is 44.2 Å². The molecule has 1 aromatic carbocycles. The predicted molar refractivity (Wildman–Crippen MR) is 88.7 cm³/mol. The van der Waals surface area contributed by atoms with E-state index in [1.54, 1.807) is 6.07 Å². The third-order valence-electron chi connectivity index (χ3n) is 4.07. The molecule has 4 heteroatoms. The maximum absolute atomic E-state index is 13.9. The van der Waals surface area contributed by atoms with Crippen LogP contribution in [0.5, 0.6) is 5.75 Å². The van der Waals surface area contributed by atoms with Gasteiger partial charge in [0.1, 0.15) is 18.2 Å². The van der Waals surface area contributed by atoms with Crippen LogP contribution < -0.4 is 4.74 Å². The van der Waals surface area contributed by atoms with Gasteiger partial charge in [0.2, 0.25) is 0 Å². The number of ether oxygens (including phenoxy) is 1. The number of aryl methyl sites for hydroxylation is 2. The molecule has 1 aliphatic carbocycles. The molecule has 0 aliphatic heterocycles. The average Bonchev–Trinajstić information content (AvgIpc) is 2.53. The van der Waals surface area contributed by atoms with E-state index in [9.17, 15) is 4.39 Å². The van der Waals surface area contributed by atoms with Crippen LogP contribution in [0.4, 0.5) is 4.39 Å². The summed E-state index contributed by atoms with van der Waals surface area (Å²) in [6.07, 6.45) is 5.27. The molecule has 2 aromatic rings. The lowest BCUT2D eigenvalue weighted by atomic mass is 9.94. The van der Waals surface area contributed by atoms with Crippen LogP contribution in [0, 0.1) is 5.82 Å². The van der Waals surface area contributed by atoms with Crippen LogP contribution in [0.15, 0.2) is 28.7 Å². The lowest BCUT2D eigenvalue weighted by Crippen LogP contribution is -2.10. The Bertz CT molecular complexity index is 687. The van der Waals surface area contributed by atoms with Crippen molar-refractivity contribution < 1.29 is 9.13 Å². The number of hydrogen-bond acceptors (Lipinski definition) is 2. The number of pyridine rings is 1. The van der Waals surface area contributed by atoms with Crippen molar-refractivity contribution in [2.45, 2.75) is 45.6 Å². The van der Waals surface area contributed by atoms with Crippen LogP contribution in [0.25, 0.3) is 0 Å². The highest BCUT2D eigenvalue weighted by Gasteiger charge is 2.17. The van der Waals surface area contributed by atoms with Gasteiger partial charge in [0.15, 0.2) is 0 Å². The van der Waals surface area contributed by atoms with Gasteiger partial charge in [0, 0.05) is 33.1 Å². The van der Waals surface area contributed by atoms with E-state index in [-0.39, 0.29) is 12.4 Å². The second-order valence-corrected chi connectivity index (χ2v) is 6.54. The number of benzene rings is 1. The molecule has 0 atom stereocenters. The fourth-order valence-corrected chi connectivity index (χ4v) is 3.16. The summed E-state index contributed by atoms with van der Waals surface area (Å²) in [6, 6.07) is 7.08. The van der Waals surface area contributed by atoms with Crippen molar-refractivity contribution in [1.82, 2.24) is 4.98 Å². The molecular weight excluding hydrogens is 345 g/mol. The molecule has 3 rings (SSSR count). The first-order chi connectivity index (χ1) is 10.7. The minimum Gasteiger partial charge on any atom is -0.488 e. The van der Waals surface area contributed by atoms with Gasteiger partial charge in [-0.15, -0.1) is 0 Å². The Morgan fingerprint density at radius 1 is 1.23 bits per heavy atom. The second kappa shape index (κ2) is 6.78. The number of halogens is 2. The number of nitrogens with zero attached hydrogens (tertiary/aromatic N) is 1. The lowest BCUT2D eigenvalue weighted by molar-refractivity contribution is 0.294. The third kappa shape index (κ3) is 3.32. The first-order valence-corrected chi connectivity index (χ1v) is 8.55. The Labute approximate surface area is 138 Å². The van der Waals surface area contributed by atoms with Crippen molar-refractivity contribution in [2.24, 2.45) is 0 Å². The van der Waals surface area contributed by atoms with Gasteiger partial charge < -0.3 is 4.74 Å². The van der Waals surface area contributed by atoms with Crippen molar-refractivity contribution in [3.8, 4) is 5.75 Å². The summed E-state index contributed by atoms with van der Waals surface area (Å²) >= 11 is 3.27. The summed E-state index contributed by atoms with van der Waals surface area (Å²) in [4.78, 5) is 4.72. The maximum Gasteiger partial charge on any atom is 0.130 e. The molecule has 1 aliphatic rings. The summed E-state index contributed by atoms with van der Waals surface area (Å²) in [5.74, 6) is 0.636. The summed E-state index contributed by atoms with van der Waals surface area (Å²) in [5, 5.41) is 0. The Hall–Kier alpha value is -1.42. The summed E-state index contributed by atoms with van der Waals surface area (Å²) in [6.45, 7) is 2.34. The molecular formula is C18H19BrFNO. The van der Waals surface area contributed by atoms with E-state index in [1.807, 2.05) is 12.1 Å². The summed E-state index contributed by atoms with van der Waals surface area (Å²) in [7, 11) is 0.